The van der Waals surface area contributed by atoms with Crippen LogP contribution in [0.25, 0.3) is 72.7 Å². The topological polar surface area (TPSA) is 50.9 Å². The fourth-order valence-corrected chi connectivity index (χ4v) is 8.00. The van der Waals surface area contributed by atoms with Crippen molar-refractivity contribution in [2.45, 2.75) is 91.9 Å². The second-order valence-electron chi connectivity index (χ2n) is 19.0. The van der Waals surface area contributed by atoms with E-state index in [1.165, 1.54) is 11.1 Å². The van der Waals surface area contributed by atoms with Crippen molar-refractivity contribution in [1.29, 1.82) is 0 Å². The number of imidazole rings is 1. The number of pyridine rings is 1. The number of hydrogen-bond acceptors (Lipinski definition) is 3. The van der Waals surface area contributed by atoms with Crippen LogP contribution in [-0.2, 0) is 37.3 Å². The summed E-state index contributed by atoms with van der Waals surface area (Å²) in [6, 6.07) is 51.2. The van der Waals surface area contributed by atoms with Crippen LogP contribution in [0.15, 0.2) is 140 Å². The van der Waals surface area contributed by atoms with Gasteiger partial charge in [0, 0.05) is 38.5 Å². The van der Waals surface area contributed by atoms with E-state index >= 15 is 0 Å². The van der Waals surface area contributed by atoms with E-state index in [-0.39, 0.29) is 43.1 Å². The molecule has 5 heteroatoms. The Bertz CT molecular complexity index is 2860. The standard InChI is InChI=1S/C56H56N3O.Pt/c1-11-56(9,10)42-25-26-49(46(34-42)38-21-16-13-17-22-38)59-50-24-18-23-45(51(50)58-53(59)47-35-43(54(3,4)5)29-36(2)52(47)60)40-30-41(32-44(31-40)55(6,7)8)48-33-39(27-28-57-48)37-19-14-12-15-20-37;/h12-29,31-35,60H,11H2,1-10H3;/q-1;. The van der Waals surface area contributed by atoms with Gasteiger partial charge in [-0.15, -0.1) is 29.3 Å². The van der Waals surface area contributed by atoms with Crippen molar-refractivity contribution >= 4 is 11.0 Å². The molecule has 1 N–H and O–H groups in total. The first kappa shape index (κ1) is 43.5. The van der Waals surface area contributed by atoms with E-state index < -0.39 is 0 Å². The first-order valence-electron chi connectivity index (χ1n) is 21.2. The summed E-state index contributed by atoms with van der Waals surface area (Å²) < 4.78 is 2.27. The minimum atomic E-state index is -0.150. The van der Waals surface area contributed by atoms with Crippen molar-refractivity contribution in [3.8, 4) is 67.5 Å². The molecular formula is C56H56N3OPt-. The zero-order valence-electron chi connectivity index (χ0n) is 37.1. The van der Waals surface area contributed by atoms with Crippen molar-refractivity contribution in [3.63, 3.8) is 0 Å². The van der Waals surface area contributed by atoms with Crippen LogP contribution in [0.4, 0.5) is 0 Å². The third-order valence-corrected chi connectivity index (χ3v) is 12.2. The number of aromatic hydroxyl groups is 1. The molecule has 0 unspecified atom stereocenters. The number of fused-ring (bicyclic) bond motifs is 1. The molecule has 0 aliphatic rings. The van der Waals surface area contributed by atoms with Gasteiger partial charge in [0.2, 0.25) is 0 Å². The Morgan fingerprint density at radius 2 is 1.21 bits per heavy atom. The van der Waals surface area contributed by atoms with E-state index in [1.54, 1.807) is 0 Å². The Hall–Kier alpha value is -5.57. The normalized spacial score (nSPS) is 12.1. The molecule has 0 atom stereocenters. The summed E-state index contributed by atoms with van der Waals surface area (Å²) in [5.41, 5.74) is 15.8. The minimum Gasteiger partial charge on any atom is -0.507 e. The number of para-hydroxylation sites is 1. The van der Waals surface area contributed by atoms with Gasteiger partial charge in [-0.3, -0.25) is 9.55 Å². The maximum atomic E-state index is 12.0. The van der Waals surface area contributed by atoms with Gasteiger partial charge in [0.05, 0.1) is 22.3 Å². The van der Waals surface area contributed by atoms with Gasteiger partial charge in [0.1, 0.15) is 11.6 Å². The Balaban J connectivity index is 0.00000561. The Morgan fingerprint density at radius 3 is 1.87 bits per heavy atom. The SMILES string of the molecule is CCC(C)(C)c1ccc(-n2c(-c3cc(C(C)(C)C)cc(C)c3O)nc3c(-c4[c-]c(-c5cc(-c6ccccc6)ccn5)cc(C(C)(C)C)c4)cccc32)c(-c2ccccc2)c1.[Pt]. The van der Waals surface area contributed by atoms with Crippen molar-refractivity contribution in [3.05, 3.63) is 168 Å². The molecule has 0 bridgehead atoms. The van der Waals surface area contributed by atoms with Crippen molar-refractivity contribution in [1.82, 2.24) is 14.5 Å². The molecular weight excluding hydrogens is 926 g/mol. The van der Waals surface area contributed by atoms with Crippen LogP contribution in [0.1, 0.15) is 91.0 Å². The first-order valence-corrected chi connectivity index (χ1v) is 21.2. The number of nitrogens with zero attached hydrogens (tertiary/aromatic N) is 3. The van der Waals surface area contributed by atoms with E-state index in [9.17, 15) is 5.11 Å². The van der Waals surface area contributed by atoms with Crippen molar-refractivity contribution < 1.29 is 26.2 Å². The molecule has 0 spiro atoms. The molecule has 0 amide bonds. The maximum Gasteiger partial charge on any atom is 0.148 e. The minimum absolute atomic E-state index is 0. The summed E-state index contributed by atoms with van der Waals surface area (Å²) in [4.78, 5) is 10.5. The summed E-state index contributed by atoms with van der Waals surface area (Å²) in [6.07, 6.45) is 2.90. The molecule has 61 heavy (non-hydrogen) atoms. The molecule has 0 saturated carbocycles. The average molecular weight is 982 g/mol. The van der Waals surface area contributed by atoms with Crippen LogP contribution in [0.2, 0.25) is 0 Å². The van der Waals surface area contributed by atoms with E-state index in [4.69, 9.17) is 9.97 Å². The van der Waals surface area contributed by atoms with Crippen LogP contribution in [0, 0.1) is 13.0 Å². The molecule has 8 aromatic rings. The second-order valence-corrected chi connectivity index (χ2v) is 19.0. The number of aryl methyl sites for hydroxylation is 1. The quantitative estimate of drug-likeness (QED) is 0.154. The largest absolute Gasteiger partial charge is 0.507 e. The van der Waals surface area contributed by atoms with Gasteiger partial charge in [0.15, 0.2) is 0 Å². The van der Waals surface area contributed by atoms with Gasteiger partial charge in [-0.25, -0.2) is 4.98 Å². The molecule has 0 saturated heterocycles. The number of rotatable bonds is 8. The molecule has 0 aliphatic heterocycles. The molecule has 0 radical (unpaired) electrons. The van der Waals surface area contributed by atoms with Gasteiger partial charge in [-0.1, -0.05) is 164 Å². The monoisotopic (exact) mass is 981 g/mol. The van der Waals surface area contributed by atoms with E-state index in [0.717, 1.165) is 78.9 Å². The Morgan fingerprint density at radius 1 is 0.590 bits per heavy atom. The van der Waals surface area contributed by atoms with Crippen LogP contribution in [0.3, 0.4) is 0 Å². The molecule has 2 heterocycles. The predicted octanol–water partition coefficient (Wildman–Crippen LogP) is 14.8. The second kappa shape index (κ2) is 16.7. The fraction of sp³-hybridized carbons (Fsp3) is 0.250. The average Bonchev–Trinajstić information content (AvgIpc) is 3.63. The van der Waals surface area contributed by atoms with Gasteiger partial charge >= 0.3 is 0 Å². The van der Waals surface area contributed by atoms with E-state index in [0.29, 0.717) is 11.4 Å². The molecule has 0 fully saturated rings. The molecule has 312 valence electrons. The Kier molecular flexibility index (Phi) is 11.9. The van der Waals surface area contributed by atoms with Gasteiger partial charge in [0.25, 0.3) is 0 Å². The van der Waals surface area contributed by atoms with Gasteiger partial charge in [-0.2, -0.15) is 0 Å². The van der Waals surface area contributed by atoms with Crippen LogP contribution in [-0.4, -0.2) is 19.6 Å². The summed E-state index contributed by atoms with van der Waals surface area (Å²) >= 11 is 0. The summed E-state index contributed by atoms with van der Waals surface area (Å²) in [5.74, 6) is 0.923. The van der Waals surface area contributed by atoms with Gasteiger partial charge in [-0.05, 0) is 93.3 Å². The van der Waals surface area contributed by atoms with E-state index in [1.807, 2.05) is 19.2 Å². The number of phenolic OH excluding ortho intramolecular Hbond substituents is 1. The third-order valence-electron chi connectivity index (χ3n) is 12.2. The number of phenols is 1. The molecule has 4 nitrogen and oxygen atoms in total. The third kappa shape index (κ3) is 8.53. The molecule has 2 aromatic heterocycles. The van der Waals surface area contributed by atoms with Crippen LogP contribution >= 0.6 is 0 Å². The predicted molar refractivity (Wildman–Crippen MR) is 252 cm³/mol. The number of aromatic nitrogens is 3. The molecule has 6 aromatic carbocycles. The summed E-state index contributed by atoms with van der Waals surface area (Å²) in [6.45, 7) is 22.2. The number of hydrogen-bond donors (Lipinski definition) is 1. The summed E-state index contributed by atoms with van der Waals surface area (Å²) in [7, 11) is 0. The summed E-state index contributed by atoms with van der Waals surface area (Å²) in [5, 5.41) is 12.0. The number of benzene rings is 6. The van der Waals surface area contributed by atoms with Crippen molar-refractivity contribution in [2.75, 3.05) is 0 Å². The maximum absolute atomic E-state index is 12.0. The van der Waals surface area contributed by atoms with Crippen LogP contribution < -0.4 is 0 Å². The van der Waals surface area contributed by atoms with Crippen molar-refractivity contribution in [2.24, 2.45) is 0 Å². The van der Waals surface area contributed by atoms with Crippen LogP contribution in [0.5, 0.6) is 5.75 Å². The molecule has 8 rings (SSSR count). The molecule has 0 aliphatic carbocycles. The van der Waals surface area contributed by atoms with E-state index in [2.05, 4.69) is 200 Å². The first-order chi connectivity index (χ1) is 28.5. The zero-order chi connectivity index (χ0) is 42.6. The smallest absolute Gasteiger partial charge is 0.148 e. The fourth-order valence-electron chi connectivity index (χ4n) is 8.00. The Labute approximate surface area is 377 Å². The zero-order valence-corrected chi connectivity index (χ0v) is 39.4. The van der Waals surface area contributed by atoms with Gasteiger partial charge < -0.3 is 5.11 Å².